The Balaban J connectivity index is 1.41. The van der Waals surface area contributed by atoms with Crippen molar-refractivity contribution in [3.63, 3.8) is 0 Å². The quantitative estimate of drug-likeness (QED) is 0.267. The number of hydrogen-bond acceptors (Lipinski definition) is 6. The smallest absolute Gasteiger partial charge is 0.267 e. The molecule has 1 saturated carbocycles. The lowest BCUT2D eigenvalue weighted by Crippen LogP contribution is -2.40. The molecule has 0 unspecified atom stereocenters. The van der Waals surface area contributed by atoms with E-state index in [0.29, 0.717) is 28.6 Å². The molecule has 1 aliphatic heterocycles. The summed E-state index contributed by atoms with van der Waals surface area (Å²) in [5.74, 6) is 1.20. The van der Waals surface area contributed by atoms with Gasteiger partial charge in [0.25, 0.3) is 5.91 Å². The van der Waals surface area contributed by atoms with Crippen LogP contribution in [0.25, 0.3) is 6.08 Å². The van der Waals surface area contributed by atoms with E-state index in [9.17, 15) is 10.1 Å². The molecule has 3 aromatic carbocycles. The van der Waals surface area contributed by atoms with Crippen LogP contribution in [0.5, 0.6) is 11.5 Å². The summed E-state index contributed by atoms with van der Waals surface area (Å²) in [6.07, 6.45) is 7.40. The maximum atomic E-state index is 13.7. The number of amidine groups is 1. The molecule has 5 rings (SSSR count). The van der Waals surface area contributed by atoms with Crippen LogP contribution in [-0.2, 0) is 11.4 Å². The topological polar surface area (TPSA) is 74.9 Å². The second-order valence-electron chi connectivity index (χ2n) is 10.0. The molecule has 6 nitrogen and oxygen atoms in total. The minimum absolute atomic E-state index is 0.00848. The zero-order valence-corrected chi connectivity index (χ0v) is 23.7. The van der Waals surface area contributed by atoms with E-state index in [4.69, 9.17) is 14.5 Å². The lowest BCUT2D eigenvalue weighted by atomic mass is 9.94. The van der Waals surface area contributed by atoms with Crippen LogP contribution in [0.2, 0.25) is 0 Å². The van der Waals surface area contributed by atoms with Crippen LogP contribution >= 0.6 is 11.8 Å². The molecule has 0 N–H and O–H groups in total. The monoisotopic (exact) mass is 551 g/mol. The first kappa shape index (κ1) is 27.5. The van der Waals surface area contributed by atoms with E-state index in [1.54, 1.807) is 6.07 Å². The fourth-order valence-electron chi connectivity index (χ4n) is 5.02. The number of carbonyl (C=O) groups excluding carboxylic acids is 1. The molecule has 1 saturated heterocycles. The lowest BCUT2D eigenvalue weighted by Gasteiger charge is -2.30. The van der Waals surface area contributed by atoms with E-state index in [1.165, 1.54) is 23.7 Å². The van der Waals surface area contributed by atoms with Gasteiger partial charge in [-0.05, 0) is 80.4 Å². The number of benzene rings is 3. The minimum atomic E-state index is 0.00848. The number of nitriles is 1. The van der Waals surface area contributed by atoms with E-state index in [-0.39, 0.29) is 18.6 Å². The molecule has 40 heavy (non-hydrogen) atoms. The van der Waals surface area contributed by atoms with Gasteiger partial charge < -0.3 is 9.47 Å². The van der Waals surface area contributed by atoms with Crippen molar-refractivity contribution >= 4 is 34.6 Å². The summed E-state index contributed by atoms with van der Waals surface area (Å²) in [5.41, 5.74) is 4.28. The first-order chi connectivity index (χ1) is 19.6. The van der Waals surface area contributed by atoms with Gasteiger partial charge in [0, 0.05) is 11.6 Å². The largest absolute Gasteiger partial charge is 0.490 e. The molecule has 1 amide bonds. The van der Waals surface area contributed by atoms with Crippen molar-refractivity contribution in [1.82, 2.24) is 4.90 Å². The predicted octanol–water partition coefficient (Wildman–Crippen LogP) is 7.78. The number of thioether (sulfide) groups is 1. The fourth-order valence-corrected chi connectivity index (χ4v) is 6.08. The summed E-state index contributed by atoms with van der Waals surface area (Å²) in [7, 11) is 0. The van der Waals surface area contributed by atoms with Crippen LogP contribution in [0.1, 0.15) is 61.3 Å². The van der Waals surface area contributed by atoms with Gasteiger partial charge in [0.1, 0.15) is 6.61 Å². The molecule has 204 valence electrons. The number of ether oxygens (including phenoxy) is 2. The van der Waals surface area contributed by atoms with Gasteiger partial charge in [-0.15, -0.1) is 0 Å². The molecule has 0 bridgehead atoms. The van der Waals surface area contributed by atoms with Gasteiger partial charge in [-0.1, -0.05) is 61.2 Å². The third kappa shape index (κ3) is 6.40. The van der Waals surface area contributed by atoms with Crippen LogP contribution in [0.3, 0.4) is 0 Å². The van der Waals surface area contributed by atoms with Gasteiger partial charge in [-0.3, -0.25) is 9.69 Å². The number of carbonyl (C=O) groups is 1. The molecule has 1 heterocycles. The van der Waals surface area contributed by atoms with Crippen LogP contribution < -0.4 is 9.47 Å². The SMILES string of the molecule is CCOc1cc(/C=C2/SC(=Nc3ccc(C)cc3)N(C3CCCCC3)C2=O)ccc1OCc1ccccc1C#N. The molecule has 0 atom stereocenters. The maximum Gasteiger partial charge on any atom is 0.267 e. The van der Waals surface area contributed by atoms with E-state index in [2.05, 4.69) is 13.0 Å². The molecule has 2 fully saturated rings. The van der Waals surface area contributed by atoms with Gasteiger partial charge in [0.15, 0.2) is 16.7 Å². The Hall–Kier alpha value is -4.02. The van der Waals surface area contributed by atoms with Crippen molar-refractivity contribution in [3.05, 3.63) is 93.9 Å². The molecule has 1 aliphatic carbocycles. The second-order valence-corrected chi connectivity index (χ2v) is 11.0. The van der Waals surface area contributed by atoms with E-state index >= 15 is 0 Å². The molecular weight excluding hydrogens is 518 g/mol. The summed E-state index contributed by atoms with van der Waals surface area (Å²) in [6.45, 7) is 4.71. The van der Waals surface area contributed by atoms with Gasteiger partial charge in [-0.25, -0.2) is 4.99 Å². The van der Waals surface area contributed by atoms with Crippen molar-refractivity contribution in [2.24, 2.45) is 4.99 Å². The Morgan fingerprint density at radius 2 is 1.80 bits per heavy atom. The van der Waals surface area contributed by atoms with E-state index < -0.39 is 0 Å². The highest BCUT2D eigenvalue weighted by Crippen LogP contribution is 2.39. The van der Waals surface area contributed by atoms with Crippen LogP contribution in [0.4, 0.5) is 5.69 Å². The molecule has 3 aromatic rings. The number of aryl methyl sites for hydroxylation is 1. The maximum absolute atomic E-state index is 13.7. The number of aliphatic imine (C=N–C) groups is 1. The minimum Gasteiger partial charge on any atom is -0.490 e. The van der Waals surface area contributed by atoms with Crippen molar-refractivity contribution < 1.29 is 14.3 Å². The Kier molecular flexibility index (Phi) is 8.87. The molecule has 2 aliphatic rings. The zero-order chi connectivity index (χ0) is 27.9. The predicted molar refractivity (Wildman–Crippen MR) is 161 cm³/mol. The third-order valence-electron chi connectivity index (χ3n) is 7.12. The van der Waals surface area contributed by atoms with Crippen molar-refractivity contribution in [3.8, 4) is 17.6 Å². The average Bonchev–Trinajstić information content (AvgIpc) is 3.28. The normalized spacial score (nSPS) is 17.8. The summed E-state index contributed by atoms with van der Waals surface area (Å²) >= 11 is 1.43. The van der Waals surface area contributed by atoms with Crippen molar-refractivity contribution in [2.45, 2.75) is 58.6 Å². The standard InChI is InChI=1S/C33H33N3O3S/c1-3-38-30-19-24(15-18-29(30)39-22-26-10-8-7-9-25(26)21-34)20-31-32(37)36(28-11-5-4-6-12-28)33(40-31)35-27-16-13-23(2)14-17-27/h7-10,13-20,28H,3-6,11-12,22H2,1-2H3/b31-20+,35-33?. The van der Waals surface area contributed by atoms with Crippen molar-refractivity contribution in [2.75, 3.05) is 6.61 Å². The Bertz CT molecular complexity index is 1470. The van der Waals surface area contributed by atoms with Gasteiger partial charge in [0.05, 0.1) is 28.8 Å². The van der Waals surface area contributed by atoms with E-state index in [0.717, 1.165) is 47.7 Å². The van der Waals surface area contributed by atoms with Crippen LogP contribution in [0, 0.1) is 18.3 Å². The van der Waals surface area contributed by atoms with Gasteiger partial charge in [0.2, 0.25) is 0 Å². The highest BCUT2D eigenvalue weighted by Gasteiger charge is 2.38. The summed E-state index contributed by atoms with van der Waals surface area (Å²) in [6, 6.07) is 23.5. The Morgan fingerprint density at radius 1 is 1.02 bits per heavy atom. The number of rotatable bonds is 8. The van der Waals surface area contributed by atoms with Crippen LogP contribution in [-0.4, -0.2) is 28.6 Å². The highest BCUT2D eigenvalue weighted by molar-refractivity contribution is 8.18. The number of amides is 1. The molecule has 0 radical (unpaired) electrons. The first-order valence-corrected chi connectivity index (χ1v) is 14.6. The number of nitrogens with zero attached hydrogens (tertiary/aromatic N) is 3. The summed E-state index contributed by atoms with van der Waals surface area (Å²) in [4.78, 5) is 21.2. The first-order valence-electron chi connectivity index (χ1n) is 13.8. The number of hydrogen-bond donors (Lipinski definition) is 0. The molecular formula is C33H33N3O3S. The average molecular weight is 552 g/mol. The lowest BCUT2D eigenvalue weighted by molar-refractivity contribution is -0.124. The Morgan fingerprint density at radius 3 is 2.55 bits per heavy atom. The zero-order valence-electron chi connectivity index (χ0n) is 22.9. The van der Waals surface area contributed by atoms with E-state index in [1.807, 2.05) is 78.6 Å². The Labute approximate surface area is 240 Å². The second kappa shape index (κ2) is 12.9. The molecule has 7 heteroatoms. The van der Waals surface area contributed by atoms with Gasteiger partial charge in [-0.2, -0.15) is 5.26 Å². The third-order valence-corrected chi connectivity index (χ3v) is 8.10. The van der Waals surface area contributed by atoms with Crippen LogP contribution in [0.15, 0.2) is 76.6 Å². The highest BCUT2D eigenvalue weighted by atomic mass is 32.2. The van der Waals surface area contributed by atoms with Crippen molar-refractivity contribution in [1.29, 1.82) is 5.26 Å². The fraction of sp³-hybridized carbons (Fsp3) is 0.303. The summed E-state index contributed by atoms with van der Waals surface area (Å²) < 4.78 is 12.0. The molecule has 0 aromatic heterocycles. The van der Waals surface area contributed by atoms with Gasteiger partial charge >= 0.3 is 0 Å². The molecule has 0 spiro atoms. The summed E-state index contributed by atoms with van der Waals surface area (Å²) in [5, 5.41) is 10.1.